The first-order chi connectivity index (χ1) is 6.44. The number of carbonyl (C=O) groups excluding carboxylic acids is 1. The van der Waals surface area contributed by atoms with Gasteiger partial charge in [0.2, 0.25) is 0 Å². The van der Waals surface area contributed by atoms with E-state index in [0.717, 1.165) is 6.08 Å². The van der Waals surface area contributed by atoms with Crippen molar-refractivity contribution in [2.45, 2.75) is 20.8 Å². The van der Waals surface area contributed by atoms with Crippen LogP contribution >= 0.6 is 0 Å². The fourth-order valence-electron chi connectivity index (χ4n) is 1.83. The van der Waals surface area contributed by atoms with Gasteiger partial charge in [-0.05, 0) is 25.8 Å². The predicted molar refractivity (Wildman–Crippen MR) is 47.7 cm³/mol. The number of carbonyl (C=O) groups is 1. The number of rotatable bonds is 3. The van der Waals surface area contributed by atoms with E-state index in [1.165, 1.54) is 0 Å². The summed E-state index contributed by atoms with van der Waals surface area (Å²) in [6, 6.07) is 0. The summed E-state index contributed by atoms with van der Waals surface area (Å²) in [5.41, 5.74) is -0.751. The minimum atomic E-state index is -1.73. The molecule has 0 aromatic carbocycles. The molecule has 14 heavy (non-hydrogen) atoms. The Bertz CT molecular complexity index is 271. The van der Waals surface area contributed by atoms with Crippen LogP contribution in [0.4, 0.5) is 8.78 Å². The summed E-state index contributed by atoms with van der Waals surface area (Å²) < 4.78 is 28.8. The quantitative estimate of drug-likeness (QED) is 0.660. The molecule has 2 nitrogen and oxygen atoms in total. The van der Waals surface area contributed by atoms with Gasteiger partial charge in [-0.15, -0.1) is 0 Å². The molecule has 1 rings (SSSR count). The molecular weight excluding hydrogens is 190 g/mol. The van der Waals surface area contributed by atoms with Gasteiger partial charge in [0, 0.05) is 5.92 Å². The zero-order valence-corrected chi connectivity index (χ0v) is 8.51. The molecule has 0 N–H and O–H groups in total. The maximum Gasteiger partial charge on any atom is 0.312 e. The summed E-state index contributed by atoms with van der Waals surface area (Å²) in [6.45, 7) is 5.44. The van der Waals surface area contributed by atoms with Crippen LogP contribution in [0.5, 0.6) is 0 Å². The van der Waals surface area contributed by atoms with E-state index in [-0.39, 0.29) is 24.4 Å². The van der Waals surface area contributed by atoms with Crippen molar-refractivity contribution in [2.75, 3.05) is 6.61 Å². The van der Waals surface area contributed by atoms with E-state index < -0.39 is 11.5 Å². The Kier molecular flexibility index (Phi) is 2.92. The number of hydrogen-bond donors (Lipinski definition) is 0. The fraction of sp³-hybridized carbons (Fsp3) is 0.700. The van der Waals surface area contributed by atoms with Crippen LogP contribution in [0.25, 0.3) is 0 Å². The molecular formula is C10H14F2O2. The van der Waals surface area contributed by atoms with Gasteiger partial charge >= 0.3 is 5.97 Å². The van der Waals surface area contributed by atoms with Crippen LogP contribution in [-0.2, 0) is 9.53 Å². The first-order valence-electron chi connectivity index (χ1n) is 4.64. The first-order valence-corrected chi connectivity index (χ1v) is 4.64. The molecule has 0 bridgehead atoms. The Hall–Kier alpha value is -0.930. The van der Waals surface area contributed by atoms with Crippen molar-refractivity contribution in [1.29, 1.82) is 0 Å². The zero-order chi connectivity index (χ0) is 10.9. The number of esters is 1. The van der Waals surface area contributed by atoms with Gasteiger partial charge < -0.3 is 4.74 Å². The molecule has 1 aliphatic rings. The van der Waals surface area contributed by atoms with Gasteiger partial charge in [-0.2, -0.15) is 8.78 Å². The Morgan fingerprint density at radius 3 is 2.57 bits per heavy atom. The zero-order valence-electron chi connectivity index (χ0n) is 8.51. The maximum atomic E-state index is 12.0. The smallest absolute Gasteiger partial charge is 0.312 e. The van der Waals surface area contributed by atoms with Crippen LogP contribution in [0.3, 0.4) is 0 Å². The Morgan fingerprint density at radius 2 is 2.14 bits per heavy atom. The van der Waals surface area contributed by atoms with Crippen LogP contribution in [0.2, 0.25) is 0 Å². The van der Waals surface area contributed by atoms with Crippen molar-refractivity contribution in [1.82, 2.24) is 0 Å². The molecule has 80 valence electrons. The van der Waals surface area contributed by atoms with E-state index in [1.54, 1.807) is 20.8 Å². The van der Waals surface area contributed by atoms with Crippen LogP contribution in [0.1, 0.15) is 20.8 Å². The van der Waals surface area contributed by atoms with Crippen molar-refractivity contribution in [3.63, 3.8) is 0 Å². The Labute approximate surface area is 81.9 Å². The molecule has 0 aliphatic heterocycles. The second-order valence-electron chi connectivity index (χ2n) is 3.77. The first kappa shape index (κ1) is 11.1. The highest BCUT2D eigenvalue weighted by atomic mass is 19.3. The van der Waals surface area contributed by atoms with Crippen LogP contribution in [-0.4, -0.2) is 12.6 Å². The topological polar surface area (TPSA) is 26.3 Å². The predicted octanol–water partition coefficient (Wildman–Crippen LogP) is 2.60. The van der Waals surface area contributed by atoms with E-state index in [2.05, 4.69) is 0 Å². The van der Waals surface area contributed by atoms with Crippen molar-refractivity contribution in [3.05, 3.63) is 12.2 Å². The van der Waals surface area contributed by atoms with E-state index >= 15 is 0 Å². The van der Waals surface area contributed by atoms with Gasteiger partial charge in [0.25, 0.3) is 6.08 Å². The second kappa shape index (κ2) is 3.67. The van der Waals surface area contributed by atoms with E-state index in [1.807, 2.05) is 0 Å². The third kappa shape index (κ3) is 1.65. The molecule has 3 unspecified atom stereocenters. The number of ether oxygens (including phenoxy) is 1. The minimum absolute atomic E-state index is 0.0666. The molecule has 0 spiro atoms. The second-order valence-corrected chi connectivity index (χ2v) is 3.77. The lowest BCUT2D eigenvalue weighted by Crippen LogP contribution is -2.18. The summed E-state index contributed by atoms with van der Waals surface area (Å²) in [7, 11) is 0. The highest BCUT2D eigenvalue weighted by Gasteiger charge is 2.63. The summed E-state index contributed by atoms with van der Waals surface area (Å²) in [5, 5.41) is 0. The van der Waals surface area contributed by atoms with Gasteiger partial charge in [0.15, 0.2) is 0 Å². The van der Waals surface area contributed by atoms with Gasteiger partial charge in [0.1, 0.15) is 0 Å². The minimum Gasteiger partial charge on any atom is -0.466 e. The number of allylic oxidation sites excluding steroid dienone is 1. The summed E-state index contributed by atoms with van der Waals surface area (Å²) >= 11 is 0. The average Bonchev–Trinajstić information content (AvgIpc) is 2.59. The summed E-state index contributed by atoms with van der Waals surface area (Å²) in [6.07, 6.45) is -0.878. The molecule has 0 amide bonds. The van der Waals surface area contributed by atoms with Crippen molar-refractivity contribution in [3.8, 4) is 0 Å². The molecule has 1 aliphatic carbocycles. The van der Waals surface area contributed by atoms with Crippen molar-refractivity contribution < 1.29 is 18.3 Å². The van der Waals surface area contributed by atoms with E-state index in [4.69, 9.17) is 4.74 Å². The molecule has 0 heterocycles. The highest BCUT2D eigenvalue weighted by molar-refractivity contribution is 5.81. The van der Waals surface area contributed by atoms with Crippen LogP contribution in [0.15, 0.2) is 12.2 Å². The van der Waals surface area contributed by atoms with Crippen LogP contribution < -0.4 is 0 Å². The summed E-state index contributed by atoms with van der Waals surface area (Å²) in [5.74, 6) is -0.829. The van der Waals surface area contributed by atoms with Gasteiger partial charge in [-0.3, -0.25) is 4.79 Å². The Morgan fingerprint density at radius 1 is 1.57 bits per heavy atom. The molecule has 0 radical (unpaired) electrons. The Balaban J connectivity index is 2.70. The number of hydrogen-bond acceptors (Lipinski definition) is 2. The highest BCUT2D eigenvalue weighted by Crippen LogP contribution is 2.60. The lowest BCUT2D eigenvalue weighted by Gasteiger charge is -2.08. The molecule has 0 saturated heterocycles. The third-order valence-electron chi connectivity index (χ3n) is 3.09. The molecule has 4 heteroatoms. The van der Waals surface area contributed by atoms with Gasteiger partial charge in [-0.25, -0.2) is 0 Å². The standard InChI is InChI=1S/C10H14F2O2/c1-4-14-9(13)10(3)6(2)7(10)5-8(11)12/h5-7H,4H2,1-3H3. The van der Waals surface area contributed by atoms with Gasteiger partial charge in [-0.1, -0.05) is 6.92 Å². The normalized spacial score (nSPS) is 34.9. The SMILES string of the molecule is CCOC(=O)C1(C)C(C)C1C=C(F)F. The maximum absolute atomic E-state index is 12.0. The van der Waals surface area contributed by atoms with E-state index in [9.17, 15) is 13.6 Å². The molecule has 3 atom stereocenters. The lowest BCUT2D eigenvalue weighted by atomic mass is 10.1. The van der Waals surface area contributed by atoms with E-state index in [0.29, 0.717) is 0 Å². The molecule has 1 fully saturated rings. The lowest BCUT2D eigenvalue weighted by molar-refractivity contribution is -0.149. The average molecular weight is 204 g/mol. The fourth-order valence-corrected chi connectivity index (χ4v) is 1.83. The van der Waals surface area contributed by atoms with Crippen molar-refractivity contribution >= 4 is 5.97 Å². The van der Waals surface area contributed by atoms with Crippen molar-refractivity contribution in [2.24, 2.45) is 17.3 Å². The molecule has 0 aromatic heterocycles. The number of halogens is 2. The monoisotopic (exact) mass is 204 g/mol. The largest absolute Gasteiger partial charge is 0.466 e. The summed E-state index contributed by atoms with van der Waals surface area (Å²) in [4.78, 5) is 11.4. The molecule has 1 saturated carbocycles. The molecule has 0 aromatic rings. The third-order valence-corrected chi connectivity index (χ3v) is 3.09. The van der Waals surface area contributed by atoms with Gasteiger partial charge in [0.05, 0.1) is 12.0 Å². The van der Waals surface area contributed by atoms with Crippen LogP contribution in [0, 0.1) is 17.3 Å².